The van der Waals surface area contributed by atoms with Crippen molar-refractivity contribution in [2.45, 2.75) is 6.92 Å². The Hall–Kier alpha value is -2.46. The summed E-state index contributed by atoms with van der Waals surface area (Å²) in [4.78, 5) is 27.9. The molecule has 134 valence electrons. The number of fused-ring (bicyclic) bond motifs is 5. The average molecular weight is 420 g/mol. The number of hydrogen-bond acceptors (Lipinski definition) is 2. The molecule has 0 N–H and O–H groups in total. The highest BCUT2D eigenvalue weighted by atomic mass is 79.9. The zero-order chi connectivity index (χ0) is 18.7. The third-order valence-electron chi connectivity index (χ3n) is 6.12. The summed E-state index contributed by atoms with van der Waals surface area (Å²) in [7, 11) is 0. The molecule has 0 aromatic heterocycles. The quantitative estimate of drug-likeness (QED) is 0.515. The van der Waals surface area contributed by atoms with Crippen LogP contribution in [0.1, 0.15) is 12.5 Å². The Morgan fingerprint density at radius 3 is 2.11 bits per heavy atom. The lowest BCUT2D eigenvalue weighted by Gasteiger charge is -2.20. The van der Waals surface area contributed by atoms with Crippen LogP contribution in [0.25, 0.3) is 5.57 Å². The largest absolute Gasteiger partial charge is 0.274 e. The molecule has 0 spiro atoms. The highest BCUT2D eigenvalue weighted by Crippen LogP contribution is 2.58. The molecular formula is C23H18BrNO2. The Balaban J connectivity index is 1.56. The maximum atomic E-state index is 13.2. The molecule has 2 aromatic carbocycles. The molecule has 0 unspecified atom stereocenters. The Kier molecular flexibility index (Phi) is 3.73. The second-order valence-corrected chi connectivity index (χ2v) is 8.34. The number of amides is 2. The van der Waals surface area contributed by atoms with Crippen LogP contribution in [0.4, 0.5) is 5.69 Å². The smallest absolute Gasteiger partial charge is 0.238 e. The van der Waals surface area contributed by atoms with Gasteiger partial charge in [0.05, 0.1) is 17.5 Å². The van der Waals surface area contributed by atoms with Crippen LogP contribution in [0.15, 0.2) is 76.8 Å². The van der Waals surface area contributed by atoms with Crippen LogP contribution in [0.5, 0.6) is 0 Å². The summed E-state index contributed by atoms with van der Waals surface area (Å²) in [6.45, 7) is 2.11. The molecule has 4 atom stereocenters. The Morgan fingerprint density at radius 2 is 1.52 bits per heavy atom. The van der Waals surface area contributed by atoms with Crippen molar-refractivity contribution in [2.24, 2.45) is 23.7 Å². The van der Waals surface area contributed by atoms with E-state index in [4.69, 9.17) is 0 Å². The predicted molar refractivity (Wildman–Crippen MR) is 109 cm³/mol. The first-order chi connectivity index (χ1) is 13.1. The van der Waals surface area contributed by atoms with Gasteiger partial charge in [0.25, 0.3) is 0 Å². The summed E-state index contributed by atoms with van der Waals surface area (Å²) in [6, 6.07) is 17.6. The van der Waals surface area contributed by atoms with Crippen molar-refractivity contribution < 1.29 is 9.59 Å². The molecule has 1 saturated heterocycles. The third kappa shape index (κ3) is 2.32. The molecule has 5 rings (SSSR count). The zero-order valence-corrected chi connectivity index (χ0v) is 16.4. The number of hydrogen-bond donors (Lipinski definition) is 0. The molecule has 1 aliphatic heterocycles. The highest BCUT2D eigenvalue weighted by Gasteiger charge is 2.62. The van der Waals surface area contributed by atoms with E-state index in [0.29, 0.717) is 5.69 Å². The number of carbonyl (C=O) groups is 2. The van der Waals surface area contributed by atoms with Crippen LogP contribution >= 0.6 is 15.9 Å². The number of benzene rings is 2. The van der Waals surface area contributed by atoms with Gasteiger partial charge in [-0.1, -0.05) is 70.1 Å². The molecule has 1 heterocycles. The number of halogens is 1. The van der Waals surface area contributed by atoms with E-state index < -0.39 is 0 Å². The van der Waals surface area contributed by atoms with Crippen molar-refractivity contribution in [2.75, 3.05) is 4.90 Å². The number of allylic oxidation sites excluding steroid dienone is 4. The summed E-state index contributed by atoms with van der Waals surface area (Å²) < 4.78 is 0.860. The van der Waals surface area contributed by atoms with E-state index in [0.717, 1.165) is 10.0 Å². The number of rotatable bonds is 2. The lowest BCUT2D eigenvalue weighted by molar-refractivity contribution is -0.122. The van der Waals surface area contributed by atoms with E-state index >= 15 is 0 Å². The number of imide groups is 1. The van der Waals surface area contributed by atoms with Crippen molar-refractivity contribution in [1.29, 1.82) is 0 Å². The van der Waals surface area contributed by atoms with Gasteiger partial charge < -0.3 is 0 Å². The molecule has 2 bridgehead atoms. The molecule has 27 heavy (non-hydrogen) atoms. The molecule has 2 aromatic rings. The molecule has 0 radical (unpaired) electrons. The second-order valence-electron chi connectivity index (χ2n) is 7.43. The van der Waals surface area contributed by atoms with Crippen LogP contribution in [-0.4, -0.2) is 11.8 Å². The van der Waals surface area contributed by atoms with Crippen LogP contribution in [-0.2, 0) is 9.59 Å². The number of anilines is 1. The third-order valence-corrected chi connectivity index (χ3v) is 6.62. The van der Waals surface area contributed by atoms with Gasteiger partial charge in [0.15, 0.2) is 0 Å². The summed E-state index contributed by atoms with van der Waals surface area (Å²) in [5.41, 5.74) is 4.25. The molecule has 2 aliphatic carbocycles. The van der Waals surface area contributed by atoms with Gasteiger partial charge in [-0.15, -0.1) is 0 Å². The van der Waals surface area contributed by atoms with E-state index in [1.807, 2.05) is 42.5 Å². The van der Waals surface area contributed by atoms with Crippen LogP contribution < -0.4 is 4.90 Å². The molecule has 1 saturated carbocycles. The van der Waals surface area contributed by atoms with Gasteiger partial charge >= 0.3 is 0 Å². The van der Waals surface area contributed by atoms with Gasteiger partial charge in [0.2, 0.25) is 11.8 Å². The van der Waals surface area contributed by atoms with Crippen LogP contribution in [0.3, 0.4) is 0 Å². The summed E-state index contributed by atoms with van der Waals surface area (Å²) in [6.07, 6.45) is 4.26. The van der Waals surface area contributed by atoms with Gasteiger partial charge in [0, 0.05) is 16.3 Å². The van der Waals surface area contributed by atoms with Crippen molar-refractivity contribution >= 4 is 39.0 Å². The summed E-state index contributed by atoms with van der Waals surface area (Å²) >= 11 is 3.43. The standard InChI is InChI=1S/C23H18BrNO2/c1-13(14-6-3-2-4-7-14)19-17-10-11-18(19)21-20(17)22(26)25(23(21)27)16-9-5-8-15(24)12-16/h2-12,17-18,20-21H,1H3/t17-,18-,20-,21-/m1/s1. The fraction of sp³-hybridized carbons (Fsp3) is 0.217. The van der Waals surface area contributed by atoms with Gasteiger partial charge in [-0.2, -0.15) is 0 Å². The molecule has 3 nitrogen and oxygen atoms in total. The first-order valence-corrected chi connectivity index (χ1v) is 9.95. The summed E-state index contributed by atoms with van der Waals surface area (Å²) in [5.74, 6) is -0.653. The number of carbonyl (C=O) groups excluding carboxylic acids is 2. The maximum absolute atomic E-state index is 13.2. The summed E-state index contributed by atoms with van der Waals surface area (Å²) in [5, 5.41) is 0. The SMILES string of the molecule is CC(=C1[C@H]2C=C[C@H]1[C@H]1C(=O)N(c3cccc(Br)c3)C(=O)[C@@H]12)c1ccccc1. The first-order valence-electron chi connectivity index (χ1n) is 9.15. The van der Waals surface area contributed by atoms with Crippen molar-refractivity contribution in [3.05, 3.63) is 82.4 Å². The van der Waals surface area contributed by atoms with Gasteiger partial charge in [-0.25, -0.2) is 4.90 Å². The van der Waals surface area contributed by atoms with Crippen molar-refractivity contribution in [3.8, 4) is 0 Å². The highest BCUT2D eigenvalue weighted by molar-refractivity contribution is 9.10. The Labute approximate surface area is 166 Å². The molecule has 2 amide bonds. The van der Waals surface area contributed by atoms with E-state index in [-0.39, 0.29) is 35.5 Å². The van der Waals surface area contributed by atoms with E-state index in [1.54, 1.807) is 0 Å². The number of nitrogens with zero attached hydrogens (tertiary/aromatic N) is 1. The minimum atomic E-state index is -0.278. The molecule has 2 fully saturated rings. The molecule has 3 aliphatic rings. The zero-order valence-electron chi connectivity index (χ0n) is 14.8. The molecular weight excluding hydrogens is 402 g/mol. The maximum Gasteiger partial charge on any atom is 0.238 e. The van der Waals surface area contributed by atoms with Crippen molar-refractivity contribution in [3.63, 3.8) is 0 Å². The van der Waals surface area contributed by atoms with Gasteiger partial charge in [-0.3, -0.25) is 9.59 Å². The lowest BCUT2D eigenvalue weighted by atomic mass is 9.85. The van der Waals surface area contributed by atoms with Crippen LogP contribution in [0, 0.1) is 23.7 Å². The van der Waals surface area contributed by atoms with Crippen LogP contribution in [0.2, 0.25) is 0 Å². The fourth-order valence-electron chi connectivity index (χ4n) is 4.99. The minimum Gasteiger partial charge on any atom is -0.274 e. The van der Waals surface area contributed by atoms with E-state index in [1.165, 1.54) is 16.0 Å². The first kappa shape index (κ1) is 16.7. The van der Waals surface area contributed by atoms with Gasteiger partial charge in [0.1, 0.15) is 0 Å². The van der Waals surface area contributed by atoms with Gasteiger partial charge in [-0.05, 0) is 36.3 Å². The topological polar surface area (TPSA) is 37.4 Å². The normalized spacial score (nSPS) is 28.2. The van der Waals surface area contributed by atoms with Crippen molar-refractivity contribution in [1.82, 2.24) is 0 Å². The Bertz CT molecular complexity index is 990. The fourth-order valence-corrected chi connectivity index (χ4v) is 5.37. The second kappa shape index (κ2) is 6.03. The average Bonchev–Trinajstić information content (AvgIpc) is 3.31. The minimum absolute atomic E-state index is 0.0220. The monoisotopic (exact) mass is 419 g/mol. The van der Waals surface area contributed by atoms with E-state index in [9.17, 15) is 9.59 Å². The molecule has 4 heteroatoms. The lowest BCUT2D eigenvalue weighted by Crippen LogP contribution is -2.33. The Morgan fingerprint density at radius 1 is 0.889 bits per heavy atom. The van der Waals surface area contributed by atoms with E-state index in [2.05, 4.69) is 47.1 Å². The predicted octanol–water partition coefficient (Wildman–Crippen LogP) is 4.84.